The number of benzene rings is 2. The normalized spacial score (nSPS) is 21.0. The fourth-order valence-corrected chi connectivity index (χ4v) is 5.44. The van der Waals surface area contributed by atoms with Gasteiger partial charge in [-0.3, -0.25) is 14.6 Å². The first-order valence-electron chi connectivity index (χ1n) is 11.7. The smallest absolute Gasteiger partial charge is 0.257 e. The van der Waals surface area contributed by atoms with Crippen LogP contribution in [0.2, 0.25) is 0 Å². The number of H-pyrrole nitrogens is 1. The van der Waals surface area contributed by atoms with Gasteiger partial charge < -0.3 is 15.6 Å². The summed E-state index contributed by atoms with van der Waals surface area (Å²) in [5.41, 5.74) is 4.55. The average Bonchev–Trinajstić information content (AvgIpc) is 3.61. The van der Waals surface area contributed by atoms with Crippen LogP contribution in [0.25, 0.3) is 22.4 Å². The third kappa shape index (κ3) is 3.94. The SMILES string of the molecule is O=C(Nc1ccc2nc(-c3ccc(NC(=O)C4CC5CCC4C5)cc3)[nH]c2c1)c1cccnc1. The molecule has 7 nitrogen and oxygen atoms in total. The number of hydrogen-bond acceptors (Lipinski definition) is 4. The molecular formula is C27H25N5O2. The van der Waals surface area contributed by atoms with Crippen molar-refractivity contribution < 1.29 is 9.59 Å². The van der Waals surface area contributed by atoms with E-state index in [9.17, 15) is 9.59 Å². The Morgan fingerprint density at radius 2 is 1.79 bits per heavy atom. The number of nitrogens with zero attached hydrogens (tertiary/aromatic N) is 2. The first-order valence-corrected chi connectivity index (χ1v) is 11.7. The van der Waals surface area contributed by atoms with Gasteiger partial charge >= 0.3 is 0 Å². The third-order valence-corrected chi connectivity index (χ3v) is 7.16. The maximum Gasteiger partial charge on any atom is 0.257 e. The van der Waals surface area contributed by atoms with E-state index in [-0.39, 0.29) is 17.7 Å². The number of pyridine rings is 1. The van der Waals surface area contributed by atoms with Crippen LogP contribution in [0.4, 0.5) is 11.4 Å². The minimum absolute atomic E-state index is 0.157. The van der Waals surface area contributed by atoms with E-state index in [0.717, 1.165) is 40.4 Å². The van der Waals surface area contributed by atoms with E-state index < -0.39 is 0 Å². The first kappa shape index (κ1) is 20.6. The van der Waals surface area contributed by atoms with Gasteiger partial charge in [-0.2, -0.15) is 0 Å². The molecule has 2 aliphatic carbocycles. The fourth-order valence-electron chi connectivity index (χ4n) is 5.44. The molecule has 0 aliphatic heterocycles. The van der Waals surface area contributed by atoms with Gasteiger partial charge in [0, 0.05) is 35.2 Å². The van der Waals surface area contributed by atoms with Crippen LogP contribution in [0, 0.1) is 17.8 Å². The topological polar surface area (TPSA) is 99.8 Å². The number of rotatable bonds is 5. The number of fused-ring (bicyclic) bond motifs is 3. The summed E-state index contributed by atoms with van der Waals surface area (Å²) in [6, 6.07) is 16.8. The maximum atomic E-state index is 12.7. The largest absolute Gasteiger partial charge is 0.338 e. The summed E-state index contributed by atoms with van der Waals surface area (Å²) >= 11 is 0. The summed E-state index contributed by atoms with van der Waals surface area (Å²) in [6.07, 6.45) is 7.91. The highest BCUT2D eigenvalue weighted by molar-refractivity contribution is 6.04. The van der Waals surface area contributed by atoms with Crippen LogP contribution in [0.3, 0.4) is 0 Å². The second-order valence-corrected chi connectivity index (χ2v) is 9.36. The van der Waals surface area contributed by atoms with E-state index in [2.05, 4.69) is 25.6 Å². The van der Waals surface area contributed by atoms with Gasteiger partial charge in [0.25, 0.3) is 5.91 Å². The standard InChI is InChI=1S/C27H25N5O2/c33-26(19-2-1-11-28-15-19)30-21-9-10-23-24(14-21)32-25(31-23)17-5-7-20(8-6-17)29-27(34)22-13-16-3-4-18(22)12-16/h1-2,5-11,14-16,18,22H,3-4,12-13H2,(H,29,34)(H,30,33)(H,31,32). The van der Waals surface area contributed by atoms with Crippen molar-refractivity contribution in [3.05, 3.63) is 72.6 Å². The van der Waals surface area contributed by atoms with Crippen LogP contribution >= 0.6 is 0 Å². The molecule has 3 N–H and O–H groups in total. The van der Waals surface area contributed by atoms with Gasteiger partial charge in [0.05, 0.1) is 16.6 Å². The Morgan fingerprint density at radius 3 is 2.53 bits per heavy atom. The molecule has 2 aromatic carbocycles. The molecule has 0 spiro atoms. The third-order valence-electron chi connectivity index (χ3n) is 7.16. The number of carbonyl (C=O) groups excluding carboxylic acids is 2. The highest BCUT2D eigenvalue weighted by Gasteiger charge is 2.43. The second kappa shape index (κ2) is 8.41. The fraction of sp³-hybridized carbons (Fsp3) is 0.259. The molecule has 7 heteroatoms. The van der Waals surface area contributed by atoms with Crippen molar-refractivity contribution in [2.24, 2.45) is 17.8 Å². The van der Waals surface area contributed by atoms with E-state index in [1.165, 1.54) is 25.5 Å². The van der Waals surface area contributed by atoms with Crippen molar-refractivity contribution in [3.8, 4) is 11.4 Å². The lowest BCUT2D eigenvalue weighted by Crippen LogP contribution is -2.27. The van der Waals surface area contributed by atoms with Gasteiger partial charge in [-0.1, -0.05) is 6.42 Å². The summed E-state index contributed by atoms with van der Waals surface area (Å²) in [6.45, 7) is 0. The lowest BCUT2D eigenvalue weighted by Gasteiger charge is -2.20. The Morgan fingerprint density at radius 1 is 0.941 bits per heavy atom. The van der Waals surface area contributed by atoms with E-state index in [1.807, 2.05) is 42.5 Å². The summed E-state index contributed by atoms with van der Waals surface area (Å²) in [7, 11) is 0. The Kier molecular flexibility index (Phi) is 5.09. The number of aromatic nitrogens is 3. The Bertz CT molecular complexity index is 1360. The van der Waals surface area contributed by atoms with Gasteiger partial charge in [0.15, 0.2) is 0 Å². The molecule has 2 amide bonds. The molecule has 34 heavy (non-hydrogen) atoms. The van der Waals surface area contributed by atoms with E-state index >= 15 is 0 Å². The molecule has 3 unspecified atom stereocenters. The molecule has 2 fully saturated rings. The molecular weight excluding hydrogens is 426 g/mol. The molecule has 3 atom stereocenters. The number of carbonyl (C=O) groups is 2. The van der Waals surface area contributed by atoms with Gasteiger partial charge in [-0.25, -0.2) is 4.98 Å². The summed E-state index contributed by atoms with van der Waals surface area (Å²) in [4.78, 5) is 37.1. The van der Waals surface area contributed by atoms with Crippen LogP contribution in [-0.4, -0.2) is 26.8 Å². The molecule has 6 rings (SSSR count). The lowest BCUT2D eigenvalue weighted by atomic mass is 9.88. The quantitative estimate of drug-likeness (QED) is 0.386. The number of anilines is 2. The summed E-state index contributed by atoms with van der Waals surface area (Å²) < 4.78 is 0. The minimum Gasteiger partial charge on any atom is -0.338 e. The molecule has 4 aromatic rings. The molecule has 2 aliphatic rings. The lowest BCUT2D eigenvalue weighted by molar-refractivity contribution is -0.121. The predicted octanol–water partition coefficient (Wildman–Crippen LogP) is 5.25. The Hall–Kier alpha value is -4.00. The molecule has 2 bridgehead atoms. The number of imidazole rings is 1. The van der Waals surface area contributed by atoms with Crippen LogP contribution in [-0.2, 0) is 4.79 Å². The maximum absolute atomic E-state index is 12.7. The van der Waals surface area contributed by atoms with Gasteiger partial charge in [0.1, 0.15) is 5.82 Å². The van der Waals surface area contributed by atoms with Crippen molar-refractivity contribution in [2.75, 3.05) is 10.6 Å². The van der Waals surface area contributed by atoms with Crippen LogP contribution in [0.15, 0.2) is 67.0 Å². The van der Waals surface area contributed by atoms with Gasteiger partial charge in [-0.05, 0) is 85.7 Å². The number of amides is 2. The summed E-state index contributed by atoms with van der Waals surface area (Å²) in [5, 5.41) is 5.99. The highest BCUT2D eigenvalue weighted by Crippen LogP contribution is 2.48. The minimum atomic E-state index is -0.213. The predicted molar refractivity (Wildman–Crippen MR) is 131 cm³/mol. The van der Waals surface area contributed by atoms with Crippen molar-refractivity contribution >= 4 is 34.2 Å². The van der Waals surface area contributed by atoms with Crippen LogP contribution < -0.4 is 10.6 Å². The molecule has 0 saturated heterocycles. The van der Waals surface area contributed by atoms with E-state index in [4.69, 9.17) is 0 Å². The molecule has 2 heterocycles. The van der Waals surface area contributed by atoms with Crippen molar-refractivity contribution in [3.63, 3.8) is 0 Å². The van der Waals surface area contributed by atoms with Crippen LogP contribution in [0.5, 0.6) is 0 Å². The number of hydrogen-bond donors (Lipinski definition) is 3. The second-order valence-electron chi connectivity index (χ2n) is 9.36. The zero-order valence-corrected chi connectivity index (χ0v) is 18.6. The monoisotopic (exact) mass is 451 g/mol. The van der Waals surface area contributed by atoms with Gasteiger partial charge in [-0.15, -0.1) is 0 Å². The van der Waals surface area contributed by atoms with Crippen molar-refractivity contribution in [1.82, 2.24) is 15.0 Å². The molecule has 0 radical (unpaired) electrons. The van der Waals surface area contributed by atoms with Crippen LogP contribution in [0.1, 0.15) is 36.0 Å². The van der Waals surface area contributed by atoms with E-state index in [0.29, 0.717) is 17.2 Å². The molecule has 2 aromatic heterocycles. The highest BCUT2D eigenvalue weighted by atomic mass is 16.2. The number of aromatic amines is 1. The molecule has 2 saturated carbocycles. The zero-order chi connectivity index (χ0) is 23.1. The van der Waals surface area contributed by atoms with Crippen molar-refractivity contribution in [2.45, 2.75) is 25.7 Å². The van der Waals surface area contributed by atoms with E-state index in [1.54, 1.807) is 18.3 Å². The zero-order valence-electron chi connectivity index (χ0n) is 18.6. The Balaban J connectivity index is 1.15. The average molecular weight is 452 g/mol. The first-order chi connectivity index (χ1) is 16.6. The van der Waals surface area contributed by atoms with Crippen molar-refractivity contribution in [1.29, 1.82) is 0 Å². The molecule has 170 valence electrons. The number of nitrogens with one attached hydrogen (secondary N) is 3. The van der Waals surface area contributed by atoms with Gasteiger partial charge in [0.2, 0.25) is 5.91 Å². The summed E-state index contributed by atoms with van der Waals surface area (Å²) in [5.74, 6) is 2.16. The Labute approximate surface area is 197 Å².